The molecule has 1 saturated carbocycles. The third kappa shape index (κ3) is 4.55. The van der Waals surface area contributed by atoms with Gasteiger partial charge in [0.2, 0.25) is 0 Å². The summed E-state index contributed by atoms with van der Waals surface area (Å²) < 4.78 is 98.8. The minimum Gasteiger partial charge on any atom is -0.490 e. The number of fused-ring (bicyclic) bond motifs is 3. The van der Waals surface area contributed by atoms with Crippen molar-refractivity contribution in [2.24, 2.45) is 11.3 Å². The first-order chi connectivity index (χ1) is 15.8. The summed E-state index contributed by atoms with van der Waals surface area (Å²) in [4.78, 5) is 0. The van der Waals surface area contributed by atoms with Crippen LogP contribution in [0.15, 0.2) is 36.4 Å². The first kappa shape index (κ1) is 24.9. The van der Waals surface area contributed by atoms with Gasteiger partial charge in [-0.15, -0.1) is 0 Å². The fraction of sp³-hybridized carbons (Fsp3) is 0.520. The Kier molecular flexibility index (Phi) is 6.24. The van der Waals surface area contributed by atoms with E-state index in [2.05, 4.69) is 0 Å². The van der Waals surface area contributed by atoms with Crippen LogP contribution >= 0.6 is 0 Å². The monoisotopic (exact) mass is 502 g/mol. The molecule has 9 heteroatoms. The second-order valence-electron chi connectivity index (χ2n) is 10.0. The molecule has 34 heavy (non-hydrogen) atoms. The van der Waals surface area contributed by atoms with Gasteiger partial charge in [-0.3, -0.25) is 0 Å². The Balaban J connectivity index is 1.83. The van der Waals surface area contributed by atoms with E-state index in [0.717, 1.165) is 30.5 Å². The Hall–Kier alpha value is -2.16. The molecule has 186 valence electrons. The Morgan fingerprint density at radius 3 is 2.29 bits per heavy atom. The van der Waals surface area contributed by atoms with Crippen LogP contribution in [0.4, 0.5) is 22.0 Å². The molecule has 0 aromatic heterocycles. The highest BCUT2D eigenvalue weighted by Crippen LogP contribution is 2.60. The van der Waals surface area contributed by atoms with Crippen molar-refractivity contribution >= 4 is 9.84 Å². The van der Waals surface area contributed by atoms with Crippen LogP contribution in [-0.4, -0.2) is 27.0 Å². The van der Waals surface area contributed by atoms with E-state index in [4.69, 9.17) is 4.74 Å². The minimum absolute atomic E-state index is 0.0468. The van der Waals surface area contributed by atoms with Gasteiger partial charge in [0.05, 0.1) is 17.9 Å². The first-order valence-electron chi connectivity index (χ1n) is 11.2. The molecule has 0 radical (unpaired) electrons. The number of halogens is 5. The molecule has 1 fully saturated rings. The third-order valence-electron chi connectivity index (χ3n) is 7.67. The van der Waals surface area contributed by atoms with Crippen LogP contribution in [0.5, 0.6) is 5.75 Å². The molecule has 1 heterocycles. The summed E-state index contributed by atoms with van der Waals surface area (Å²) in [5, 5.41) is 0. The van der Waals surface area contributed by atoms with E-state index in [-0.39, 0.29) is 36.0 Å². The summed E-state index contributed by atoms with van der Waals surface area (Å²) >= 11 is 0. The highest BCUT2D eigenvalue weighted by molar-refractivity contribution is 7.90. The van der Waals surface area contributed by atoms with Crippen molar-refractivity contribution < 1.29 is 35.1 Å². The van der Waals surface area contributed by atoms with Gasteiger partial charge in [0.15, 0.2) is 11.6 Å². The molecular formula is C25H27F5O3S. The van der Waals surface area contributed by atoms with Crippen LogP contribution in [0.25, 0.3) is 0 Å². The van der Waals surface area contributed by atoms with Gasteiger partial charge in [-0.1, -0.05) is 25.5 Å². The van der Waals surface area contributed by atoms with Gasteiger partial charge in [-0.2, -0.15) is 13.2 Å². The van der Waals surface area contributed by atoms with Gasteiger partial charge in [0, 0.05) is 23.2 Å². The zero-order valence-electron chi connectivity index (χ0n) is 19.0. The molecular weight excluding hydrogens is 475 g/mol. The highest BCUT2D eigenvalue weighted by atomic mass is 32.2. The molecule has 0 saturated heterocycles. The number of benzene rings is 2. The standard InChI is InChI=1S/C25H27F5O3S/c1-23(12-13-34(2,31)32)10-3-11-24(14-16-4-6-17(7-5-16)25(28,29)30)20(23)15-33-22-19(27)9-8-18(26)21(22)24/h4-9,20H,3,10-15H2,1-2H3/t20-,23-,24-/m1/s1. The van der Waals surface area contributed by atoms with Crippen LogP contribution in [0.2, 0.25) is 0 Å². The SMILES string of the molecule is C[C@]1(CCS(C)(=O)=O)CCC[C@]2(Cc3ccc(C(F)(F)F)cc3)c3c(F)ccc(F)c3OC[C@H]12. The number of hydrogen-bond acceptors (Lipinski definition) is 3. The lowest BCUT2D eigenvalue weighted by atomic mass is 9.50. The summed E-state index contributed by atoms with van der Waals surface area (Å²) in [5.41, 5.74) is -1.58. The molecule has 2 aromatic carbocycles. The van der Waals surface area contributed by atoms with Crippen molar-refractivity contribution in [3.05, 3.63) is 64.7 Å². The Bertz CT molecular complexity index is 1180. The van der Waals surface area contributed by atoms with E-state index in [1.54, 1.807) is 0 Å². The third-order valence-corrected chi connectivity index (χ3v) is 8.62. The van der Waals surface area contributed by atoms with Crippen molar-refractivity contribution in [2.45, 2.75) is 50.6 Å². The summed E-state index contributed by atoms with van der Waals surface area (Å²) in [7, 11) is -3.25. The van der Waals surface area contributed by atoms with Crippen LogP contribution in [-0.2, 0) is 27.8 Å². The summed E-state index contributed by atoms with van der Waals surface area (Å²) in [6.07, 6.45) is -0.957. The zero-order valence-corrected chi connectivity index (χ0v) is 19.8. The summed E-state index contributed by atoms with van der Waals surface area (Å²) in [6, 6.07) is 6.80. The predicted octanol–water partition coefficient (Wildman–Crippen LogP) is 6.10. The fourth-order valence-electron chi connectivity index (χ4n) is 5.98. The Labute approximate surface area is 196 Å². The van der Waals surface area contributed by atoms with Crippen molar-refractivity contribution in [1.82, 2.24) is 0 Å². The second-order valence-corrected chi connectivity index (χ2v) is 12.3. The lowest BCUT2D eigenvalue weighted by Gasteiger charge is -2.56. The molecule has 1 aliphatic carbocycles. The normalized spacial score (nSPS) is 27.0. The smallest absolute Gasteiger partial charge is 0.416 e. The molecule has 3 atom stereocenters. The van der Waals surface area contributed by atoms with Crippen LogP contribution in [0.3, 0.4) is 0 Å². The highest BCUT2D eigenvalue weighted by Gasteiger charge is 2.56. The van der Waals surface area contributed by atoms with Crippen molar-refractivity contribution in [2.75, 3.05) is 18.6 Å². The summed E-state index contributed by atoms with van der Waals surface area (Å²) in [6.45, 7) is 2.03. The molecule has 2 aliphatic rings. The van der Waals surface area contributed by atoms with Gasteiger partial charge in [-0.05, 0) is 60.9 Å². The van der Waals surface area contributed by atoms with E-state index < -0.39 is 44.0 Å². The molecule has 0 amide bonds. The van der Waals surface area contributed by atoms with Crippen LogP contribution in [0, 0.1) is 23.0 Å². The van der Waals surface area contributed by atoms with Gasteiger partial charge in [0.25, 0.3) is 0 Å². The van der Waals surface area contributed by atoms with Gasteiger partial charge in [-0.25, -0.2) is 17.2 Å². The largest absolute Gasteiger partial charge is 0.490 e. The molecule has 0 bridgehead atoms. The number of ether oxygens (including phenoxy) is 1. The maximum Gasteiger partial charge on any atom is 0.416 e. The zero-order chi connectivity index (χ0) is 24.9. The van der Waals surface area contributed by atoms with Crippen molar-refractivity contribution in [1.29, 1.82) is 0 Å². The Morgan fingerprint density at radius 1 is 1.03 bits per heavy atom. The minimum atomic E-state index is -4.48. The quantitative estimate of drug-likeness (QED) is 0.464. The molecule has 0 spiro atoms. The average molecular weight is 503 g/mol. The predicted molar refractivity (Wildman–Crippen MR) is 118 cm³/mol. The van der Waals surface area contributed by atoms with Gasteiger partial charge < -0.3 is 4.74 Å². The summed E-state index contributed by atoms with van der Waals surface area (Å²) in [5.74, 6) is -1.86. The first-order valence-corrected chi connectivity index (χ1v) is 13.3. The topological polar surface area (TPSA) is 43.4 Å². The Morgan fingerprint density at radius 2 is 1.68 bits per heavy atom. The lowest BCUT2D eigenvalue weighted by Crippen LogP contribution is -2.55. The van der Waals surface area contributed by atoms with Crippen molar-refractivity contribution in [3.8, 4) is 5.75 Å². The van der Waals surface area contributed by atoms with Crippen LogP contribution < -0.4 is 4.74 Å². The molecule has 0 unspecified atom stereocenters. The number of sulfone groups is 1. The van der Waals surface area contributed by atoms with Gasteiger partial charge >= 0.3 is 6.18 Å². The number of alkyl halides is 3. The van der Waals surface area contributed by atoms with E-state index >= 15 is 4.39 Å². The molecule has 2 aromatic rings. The lowest BCUT2D eigenvalue weighted by molar-refractivity contribution is -0.137. The number of rotatable bonds is 5. The molecule has 4 rings (SSSR count). The second kappa shape index (κ2) is 8.50. The van der Waals surface area contributed by atoms with Crippen LogP contribution in [0.1, 0.15) is 49.3 Å². The maximum atomic E-state index is 15.3. The van der Waals surface area contributed by atoms with Crippen molar-refractivity contribution in [3.63, 3.8) is 0 Å². The number of hydrogen-bond donors (Lipinski definition) is 0. The van der Waals surface area contributed by atoms with E-state index in [1.807, 2.05) is 6.92 Å². The molecule has 3 nitrogen and oxygen atoms in total. The van der Waals surface area contributed by atoms with E-state index in [0.29, 0.717) is 31.2 Å². The van der Waals surface area contributed by atoms with Gasteiger partial charge in [0.1, 0.15) is 15.7 Å². The maximum absolute atomic E-state index is 15.3. The van der Waals surface area contributed by atoms with E-state index in [9.17, 15) is 26.0 Å². The van der Waals surface area contributed by atoms with E-state index in [1.165, 1.54) is 12.1 Å². The average Bonchev–Trinajstić information content (AvgIpc) is 2.74. The molecule has 1 aliphatic heterocycles. The molecule has 0 N–H and O–H groups in total. The fourth-order valence-corrected chi connectivity index (χ4v) is 6.82.